The number of carbonyl (C=O) groups is 1. The van der Waals surface area contributed by atoms with Crippen LogP contribution in [0.15, 0.2) is 18.3 Å². The zero-order chi connectivity index (χ0) is 13.8. The molecule has 0 bridgehead atoms. The molecule has 2 heterocycles. The van der Waals surface area contributed by atoms with E-state index in [0.717, 1.165) is 18.9 Å². The van der Waals surface area contributed by atoms with Gasteiger partial charge in [-0.15, -0.1) is 0 Å². The Bertz CT molecular complexity index is 423. The van der Waals surface area contributed by atoms with Crippen LogP contribution in [0, 0.1) is 0 Å². The first kappa shape index (κ1) is 13.8. The fraction of sp³-hybridized carbons (Fsp3) is 0.571. The summed E-state index contributed by atoms with van der Waals surface area (Å²) < 4.78 is 10.6. The topological polar surface area (TPSA) is 51.7 Å². The van der Waals surface area contributed by atoms with Crippen molar-refractivity contribution in [2.75, 3.05) is 24.6 Å². The van der Waals surface area contributed by atoms with Gasteiger partial charge in [0.05, 0.1) is 24.4 Å². The third-order valence-electron chi connectivity index (χ3n) is 3.00. The van der Waals surface area contributed by atoms with Crippen LogP contribution >= 0.6 is 0 Å². The fourth-order valence-corrected chi connectivity index (χ4v) is 2.27. The molecule has 104 valence electrons. The van der Waals surface area contributed by atoms with Gasteiger partial charge in [0, 0.05) is 19.3 Å². The Kier molecular flexibility index (Phi) is 4.37. The fourth-order valence-electron chi connectivity index (χ4n) is 2.27. The van der Waals surface area contributed by atoms with Crippen molar-refractivity contribution in [3.05, 3.63) is 23.9 Å². The highest BCUT2D eigenvalue weighted by Gasteiger charge is 2.23. The lowest BCUT2D eigenvalue weighted by atomic mass is 10.2. The predicted octanol–water partition coefficient (Wildman–Crippen LogP) is 1.87. The number of hydrogen-bond acceptors (Lipinski definition) is 5. The number of hydrogen-bond donors (Lipinski definition) is 0. The standard InChI is InChI=1S/C14H20N2O3/c1-4-18-14(17)12-5-6-13(15-7-12)16-8-10(2)19-11(3)9-16/h5-7,10-11H,4,8-9H2,1-3H3/t10-,11+. The SMILES string of the molecule is CCOC(=O)c1ccc(N2C[C@@H](C)O[C@@H](C)C2)nc1. The van der Waals surface area contributed by atoms with E-state index in [1.165, 1.54) is 0 Å². The largest absolute Gasteiger partial charge is 0.462 e. The van der Waals surface area contributed by atoms with Gasteiger partial charge in [-0.2, -0.15) is 0 Å². The number of aromatic nitrogens is 1. The van der Waals surface area contributed by atoms with Gasteiger partial charge in [-0.3, -0.25) is 0 Å². The monoisotopic (exact) mass is 264 g/mol. The summed E-state index contributed by atoms with van der Waals surface area (Å²) in [4.78, 5) is 18.1. The summed E-state index contributed by atoms with van der Waals surface area (Å²) >= 11 is 0. The molecule has 1 fully saturated rings. The number of esters is 1. The molecule has 5 nitrogen and oxygen atoms in total. The van der Waals surface area contributed by atoms with E-state index in [2.05, 4.69) is 23.7 Å². The van der Waals surface area contributed by atoms with Crippen LogP contribution in [0.1, 0.15) is 31.1 Å². The minimum atomic E-state index is -0.328. The first-order chi connectivity index (χ1) is 9.10. The smallest absolute Gasteiger partial charge is 0.339 e. The average molecular weight is 264 g/mol. The summed E-state index contributed by atoms with van der Waals surface area (Å²) in [5.41, 5.74) is 0.486. The van der Waals surface area contributed by atoms with E-state index < -0.39 is 0 Å². The molecule has 1 aromatic heterocycles. The molecule has 0 N–H and O–H groups in total. The molecule has 0 aliphatic carbocycles. The number of ether oxygens (including phenoxy) is 2. The van der Waals surface area contributed by atoms with Crippen molar-refractivity contribution in [3.63, 3.8) is 0 Å². The molecule has 5 heteroatoms. The Balaban J connectivity index is 2.07. The van der Waals surface area contributed by atoms with E-state index in [1.807, 2.05) is 6.07 Å². The molecule has 19 heavy (non-hydrogen) atoms. The minimum absolute atomic E-state index is 0.190. The summed E-state index contributed by atoms with van der Waals surface area (Å²) in [5, 5.41) is 0. The highest BCUT2D eigenvalue weighted by atomic mass is 16.5. The summed E-state index contributed by atoms with van der Waals surface area (Å²) in [5.74, 6) is 0.542. The van der Waals surface area contributed by atoms with Crippen LogP contribution in [-0.4, -0.2) is 42.9 Å². The second-order valence-electron chi connectivity index (χ2n) is 4.79. The second kappa shape index (κ2) is 6.02. The van der Waals surface area contributed by atoms with Gasteiger partial charge in [-0.1, -0.05) is 0 Å². The highest BCUT2D eigenvalue weighted by molar-refractivity contribution is 5.89. The number of pyridine rings is 1. The summed E-state index contributed by atoms with van der Waals surface area (Å²) in [6.07, 6.45) is 1.95. The van der Waals surface area contributed by atoms with E-state index in [1.54, 1.807) is 19.2 Å². The minimum Gasteiger partial charge on any atom is -0.462 e. The number of nitrogens with zero attached hydrogens (tertiary/aromatic N) is 2. The lowest BCUT2D eigenvalue weighted by molar-refractivity contribution is -0.00547. The molecule has 0 aromatic carbocycles. The van der Waals surface area contributed by atoms with Crippen LogP contribution in [0.5, 0.6) is 0 Å². The molecule has 2 atom stereocenters. The Morgan fingerprint density at radius 1 is 1.42 bits per heavy atom. The zero-order valence-corrected chi connectivity index (χ0v) is 11.6. The van der Waals surface area contributed by atoms with E-state index in [0.29, 0.717) is 12.2 Å². The Morgan fingerprint density at radius 2 is 2.11 bits per heavy atom. The lowest BCUT2D eigenvalue weighted by Gasteiger charge is -2.36. The van der Waals surface area contributed by atoms with Crippen molar-refractivity contribution in [1.82, 2.24) is 4.98 Å². The summed E-state index contributed by atoms with van der Waals surface area (Å²) in [6.45, 7) is 7.90. The van der Waals surface area contributed by atoms with E-state index in [4.69, 9.17) is 9.47 Å². The third kappa shape index (κ3) is 3.44. The van der Waals surface area contributed by atoms with Crippen molar-refractivity contribution in [2.24, 2.45) is 0 Å². The zero-order valence-electron chi connectivity index (χ0n) is 11.6. The van der Waals surface area contributed by atoms with Crippen LogP contribution in [0.2, 0.25) is 0 Å². The molecule has 0 unspecified atom stereocenters. The third-order valence-corrected chi connectivity index (χ3v) is 3.00. The van der Waals surface area contributed by atoms with Crippen LogP contribution in [0.3, 0.4) is 0 Å². The molecule has 0 amide bonds. The van der Waals surface area contributed by atoms with Gasteiger partial charge < -0.3 is 14.4 Å². The lowest BCUT2D eigenvalue weighted by Crippen LogP contribution is -2.45. The van der Waals surface area contributed by atoms with Gasteiger partial charge >= 0.3 is 5.97 Å². The quantitative estimate of drug-likeness (QED) is 0.780. The van der Waals surface area contributed by atoms with E-state index in [-0.39, 0.29) is 18.2 Å². The number of rotatable bonds is 3. The number of anilines is 1. The Hall–Kier alpha value is -1.62. The maximum atomic E-state index is 11.5. The normalized spacial score (nSPS) is 23.2. The molecular weight excluding hydrogens is 244 g/mol. The predicted molar refractivity (Wildman–Crippen MR) is 72.4 cm³/mol. The van der Waals surface area contributed by atoms with Gasteiger partial charge in [-0.25, -0.2) is 9.78 Å². The van der Waals surface area contributed by atoms with E-state index in [9.17, 15) is 4.79 Å². The Labute approximate surface area is 113 Å². The first-order valence-corrected chi connectivity index (χ1v) is 6.63. The van der Waals surface area contributed by atoms with Crippen molar-refractivity contribution in [3.8, 4) is 0 Å². The van der Waals surface area contributed by atoms with Crippen LogP contribution < -0.4 is 4.90 Å². The van der Waals surface area contributed by atoms with Crippen molar-refractivity contribution >= 4 is 11.8 Å². The molecule has 1 saturated heterocycles. The van der Waals surface area contributed by atoms with Gasteiger partial charge in [0.25, 0.3) is 0 Å². The molecular formula is C14H20N2O3. The molecule has 1 aliphatic rings. The molecule has 1 aromatic rings. The Morgan fingerprint density at radius 3 is 2.63 bits per heavy atom. The van der Waals surface area contributed by atoms with Crippen LogP contribution in [-0.2, 0) is 9.47 Å². The molecule has 0 spiro atoms. The van der Waals surface area contributed by atoms with Crippen molar-refractivity contribution in [1.29, 1.82) is 0 Å². The molecule has 0 radical (unpaired) electrons. The summed E-state index contributed by atoms with van der Waals surface area (Å²) in [6, 6.07) is 3.61. The van der Waals surface area contributed by atoms with Gasteiger partial charge in [0.15, 0.2) is 0 Å². The van der Waals surface area contributed by atoms with Crippen molar-refractivity contribution < 1.29 is 14.3 Å². The van der Waals surface area contributed by atoms with Crippen LogP contribution in [0.25, 0.3) is 0 Å². The van der Waals surface area contributed by atoms with Gasteiger partial charge in [-0.05, 0) is 32.9 Å². The van der Waals surface area contributed by atoms with Crippen molar-refractivity contribution in [2.45, 2.75) is 33.0 Å². The molecule has 1 aliphatic heterocycles. The maximum Gasteiger partial charge on any atom is 0.339 e. The molecule has 2 rings (SSSR count). The first-order valence-electron chi connectivity index (χ1n) is 6.63. The van der Waals surface area contributed by atoms with Gasteiger partial charge in [0.2, 0.25) is 0 Å². The molecule has 0 saturated carbocycles. The van der Waals surface area contributed by atoms with E-state index >= 15 is 0 Å². The summed E-state index contributed by atoms with van der Waals surface area (Å²) in [7, 11) is 0. The van der Waals surface area contributed by atoms with Crippen LogP contribution in [0.4, 0.5) is 5.82 Å². The van der Waals surface area contributed by atoms with Gasteiger partial charge in [0.1, 0.15) is 5.82 Å². The number of morpholine rings is 1. The number of carbonyl (C=O) groups excluding carboxylic acids is 1. The maximum absolute atomic E-state index is 11.5. The second-order valence-corrected chi connectivity index (χ2v) is 4.79. The average Bonchev–Trinajstić information content (AvgIpc) is 2.38. The highest BCUT2D eigenvalue weighted by Crippen LogP contribution is 2.18.